The minimum Gasteiger partial charge on any atom is -0.267 e. The summed E-state index contributed by atoms with van der Waals surface area (Å²) in [6.45, 7) is 1.82. The molecule has 0 atom stereocenters. The zero-order valence-corrected chi connectivity index (χ0v) is 11.1. The van der Waals surface area contributed by atoms with Gasteiger partial charge in [-0.25, -0.2) is 5.43 Å². The number of hydrogen-bond donors (Lipinski definition) is 1. The molecule has 0 fully saturated rings. The summed E-state index contributed by atoms with van der Waals surface area (Å²) in [5.74, 6) is -0.268. The summed E-state index contributed by atoms with van der Waals surface area (Å²) in [7, 11) is 0. The molecule has 4 nitrogen and oxygen atoms in total. The molecule has 2 aromatic rings. The number of pyridine rings is 1. The van der Waals surface area contributed by atoms with Crippen LogP contribution in [-0.4, -0.2) is 16.6 Å². The van der Waals surface area contributed by atoms with E-state index in [0.717, 1.165) is 5.56 Å². The van der Waals surface area contributed by atoms with Crippen LogP contribution in [0.3, 0.4) is 0 Å². The van der Waals surface area contributed by atoms with Crippen LogP contribution >= 0.6 is 11.6 Å². The minimum atomic E-state index is -0.268. The van der Waals surface area contributed by atoms with Gasteiger partial charge >= 0.3 is 0 Å². The van der Waals surface area contributed by atoms with E-state index in [1.54, 1.807) is 36.7 Å². The van der Waals surface area contributed by atoms with Gasteiger partial charge in [0, 0.05) is 23.0 Å². The van der Waals surface area contributed by atoms with Gasteiger partial charge in [0.05, 0.1) is 5.71 Å². The van der Waals surface area contributed by atoms with E-state index in [-0.39, 0.29) is 5.91 Å². The summed E-state index contributed by atoms with van der Waals surface area (Å²) in [5, 5.41) is 4.72. The van der Waals surface area contributed by atoms with Gasteiger partial charge in [0.1, 0.15) is 0 Å². The summed E-state index contributed by atoms with van der Waals surface area (Å²) in [5.41, 5.74) is 4.63. The van der Waals surface area contributed by atoms with E-state index in [0.29, 0.717) is 16.3 Å². The molecule has 0 saturated carbocycles. The lowest BCUT2D eigenvalue weighted by atomic mass is 10.1. The van der Waals surface area contributed by atoms with Crippen molar-refractivity contribution in [3.8, 4) is 0 Å². The quantitative estimate of drug-likeness (QED) is 0.690. The third-order valence-electron chi connectivity index (χ3n) is 2.53. The highest BCUT2D eigenvalue weighted by Crippen LogP contribution is 2.10. The van der Waals surface area contributed by atoms with Crippen LogP contribution in [-0.2, 0) is 0 Å². The summed E-state index contributed by atoms with van der Waals surface area (Å²) >= 11 is 5.81. The van der Waals surface area contributed by atoms with Gasteiger partial charge in [-0.2, -0.15) is 5.10 Å². The number of nitrogens with one attached hydrogen (secondary N) is 1. The van der Waals surface area contributed by atoms with Gasteiger partial charge in [0.2, 0.25) is 0 Å². The Balaban J connectivity index is 2.06. The van der Waals surface area contributed by atoms with E-state index in [1.807, 2.05) is 19.1 Å². The predicted octanol–water partition coefficient (Wildman–Crippen LogP) is 2.89. The molecular weight excluding hydrogens is 262 g/mol. The van der Waals surface area contributed by atoms with Crippen molar-refractivity contribution in [2.75, 3.05) is 0 Å². The topological polar surface area (TPSA) is 54.4 Å². The maximum Gasteiger partial charge on any atom is 0.271 e. The molecule has 0 aliphatic carbocycles. The summed E-state index contributed by atoms with van der Waals surface area (Å²) in [4.78, 5) is 15.6. The average Bonchev–Trinajstić information content (AvgIpc) is 2.46. The Morgan fingerprint density at radius 1 is 1.11 bits per heavy atom. The number of nitrogens with zero attached hydrogens (tertiary/aromatic N) is 2. The number of halogens is 1. The largest absolute Gasteiger partial charge is 0.271 e. The number of benzene rings is 1. The summed E-state index contributed by atoms with van der Waals surface area (Å²) < 4.78 is 0. The second-order valence-electron chi connectivity index (χ2n) is 3.88. The maximum absolute atomic E-state index is 11.8. The van der Waals surface area contributed by atoms with Crippen LogP contribution in [0.15, 0.2) is 53.9 Å². The smallest absolute Gasteiger partial charge is 0.267 e. The van der Waals surface area contributed by atoms with Crippen molar-refractivity contribution in [2.24, 2.45) is 5.10 Å². The first-order chi connectivity index (χ1) is 9.16. The molecule has 1 aromatic heterocycles. The van der Waals surface area contributed by atoms with Crippen molar-refractivity contribution in [1.82, 2.24) is 10.4 Å². The fourth-order valence-electron chi connectivity index (χ4n) is 1.46. The number of amides is 1. The molecule has 0 saturated heterocycles. The van der Waals surface area contributed by atoms with Crippen LogP contribution in [0.4, 0.5) is 0 Å². The molecule has 2 rings (SSSR count). The van der Waals surface area contributed by atoms with Gasteiger partial charge in [0.25, 0.3) is 5.91 Å². The first-order valence-corrected chi connectivity index (χ1v) is 6.05. The monoisotopic (exact) mass is 273 g/mol. The molecule has 1 heterocycles. The van der Waals surface area contributed by atoms with Crippen LogP contribution in [0, 0.1) is 0 Å². The number of hydrazone groups is 1. The Labute approximate surface area is 116 Å². The molecule has 19 heavy (non-hydrogen) atoms. The SMILES string of the molecule is C/C(=N/NC(=O)c1ccncc1)c1ccc(Cl)cc1. The molecule has 5 heteroatoms. The average molecular weight is 274 g/mol. The molecule has 96 valence electrons. The lowest BCUT2D eigenvalue weighted by Gasteiger charge is -2.03. The highest BCUT2D eigenvalue weighted by atomic mass is 35.5. The summed E-state index contributed by atoms with van der Waals surface area (Å²) in [6.07, 6.45) is 3.12. The normalized spacial score (nSPS) is 11.2. The molecule has 0 unspecified atom stereocenters. The number of rotatable bonds is 3. The lowest BCUT2D eigenvalue weighted by molar-refractivity contribution is 0.0954. The first kappa shape index (κ1) is 13.2. The lowest BCUT2D eigenvalue weighted by Crippen LogP contribution is -2.19. The van der Waals surface area contributed by atoms with Crippen LogP contribution in [0.5, 0.6) is 0 Å². The van der Waals surface area contributed by atoms with Gasteiger partial charge in [-0.05, 0) is 36.8 Å². The van der Waals surface area contributed by atoms with Crippen molar-refractivity contribution in [3.05, 3.63) is 64.9 Å². The molecule has 0 radical (unpaired) electrons. The molecule has 1 aromatic carbocycles. The Hall–Kier alpha value is -2.20. The Morgan fingerprint density at radius 3 is 2.37 bits per heavy atom. The van der Waals surface area contributed by atoms with E-state index in [9.17, 15) is 4.79 Å². The van der Waals surface area contributed by atoms with Crippen molar-refractivity contribution in [2.45, 2.75) is 6.92 Å². The van der Waals surface area contributed by atoms with Gasteiger partial charge in [-0.3, -0.25) is 9.78 Å². The van der Waals surface area contributed by atoms with E-state index in [1.165, 1.54) is 0 Å². The number of aromatic nitrogens is 1. The van der Waals surface area contributed by atoms with E-state index < -0.39 is 0 Å². The van der Waals surface area contributed by atoms with Gasteiger partial charge in [-0.1, -0.05) is 23.7 Å². The Bertz CT molecular complexity index is 594. The number of carbonyl (C=O) groups is 1. The number of hydrogen-bond acceptors (Lipinski definition) is 3. The van der Waals surface area contributed by atoms with E-state index >= 15 is 0 Å². The Morgan fingerprint density at radius 2 is 1.74 bits per heavy atom. The molecule has 0 spiro atoms. The molecule has 1 amide bonds. The maximum atomic E-state index is 11.8. The molecule has 1 N–H and O–H groups in total. The van der Waals surface area contributed by atoms with Crippen molar-refractivity contribution in [1.29, 1.82) is 0 Å². The minimum absolute atomic E-state index is 0.268. The van der Waals surface area contributed by atoms with Gasteiger partial charge < -0.3 is 0 Å². The third kappa shape index (κ3) is 3.63. The summed E-state index contributed by atoms with van der Waals surface area (Å²) in [6, 6.07) is 10.5. The fraction of sp³-hybridized carbons (Fsp3) is 0.0714. The van der Waals surface area contributed by atoms with Crippen molar-refractivity contribution in [3.63, 3.8) is 0 Å². The third-order valence-corrected chi connectivity index (χ3v) is 2.78. The van der Waals surface area contributed by atoms with Crippen molar-refractivity contribution < 1.29 is 4.79 Å². The van der Waals surface area contributed by atoms with Gasteiger partial charge in [0.15, 0.2) is 0 Å². The second kappa shape index (κ2) is 6.11. The van der Waals surface area contributed by atoms with Crippen LogP contribution in [0.2, 0.25) is 5.02 Å². The molecule has 0 aliphatic heterocycles. The standard InChI is InChI=1S/C14H12ClN3O/c1-10(11-2-4-13(15)5-3-11)17-18-14(19)12-6-8-16-9-7-12/h2-9H,1H3,(H,18,19)/b17-10-. The molecule has 0 bridgehead atoms. The van der Waals surface area contributed by atoms with Crippen LogP contribution < -0.4 is 5.43 Å². The van der Waals surface area contributed by atoms with Gasteiger partial charge in [-0.15, -0.1) is 0 Å². The van der Waals surface area contributed by atoms with E-state index in [4.69, 9.17) is 11.6 Å². The highest BCUT2D eigenvalue weighted by molar-refractivity contribution is 6.30. The first-order valence-electron chi connectivity index (χ1n) is 5.67. The molecule has 0 aliphatic rings. The zero-order chi connectivity index (χ0) is 13.7. The van der Waals surface area contributed by atoms with Crippen molar-refractivity contribution >= 4 is 23.2 Å². The van der Waals surface area contributed by atoms with Crippen LogP contribution in [0.1, 0.15) is 22.8 Å². The fourth-order valence-corrected chi connectivity index (χ4v) is 1.58. The second-order valence-corrected chi connectivity index (χ2v) is 4.32. The predicted molar refractivity (Wildman–Crippen MR) is 75.4 cm³/mol. The molecular formula is C14H12ClN3O. The Kier molecular flexibility index (Phi) is 4.26. The van der Waals surface area contributed by atoms with Crippen LogP contribution in [0.25, 0.3) is 0 Å². The zero-order valence-electron chi connectivity index (χ0n) is 10.3. The highest BCUT2D eigenvalue weighted by Gasteiger charge is 2.03. The van der Waals surface area contributed by atoms with E-state index in [2.05, 4.69) is 15.5 Å². The number of carbonyl (C=O) groups excluding carboxylic acids is 1.